The molecule has 0 saturated heterocycles. The van der Waals surface area contributed by atoms with Crippen LogP contribution >= 0.6 is 0 Å². The van der Waals surface area contributed by atoms with Crippen LogP contribution in [0.3, 0.4) is 0 Å². The quantitative estimate of drug-likeness (QED) is 0.459. The standard InChI is InChI=1S/C25H35FN2/c1-3-5-7-19-8-10-20(11-9-19)12-15-23-16-17-25(28-27-23)22-14-13-21(6-4-2)24(26)18-22/h13-14,16-20H,3-12,15H2,1-2H3. The number of hydrogen-bond acceptors (Lipinski definition) is 2. The van der Waals surface area contributed by atoms with E-state index in [1.165, 1.54) is 51.4 Å². The van der Waals surface area contributed by atoms with Gasteiger partial charge in [-0.05, 0) is 54.9 Å². The second kappa shape index (κ2) is 10.7. The smallest absolute Gasteiger partial charge is 0.127 e. The fraction of sp³-hybridized carbons (Fsp3) is 0.600. The molecule has 2 aromatic rings. The van der Waals surface area contributed by atoms with Crippen molar-refractivity contribution in [1.29, 1.82) is 0 Å². The Hall–Kier alpha value is -1.77. The van der Waals surface area contributed by atoms with Crippen LogP contribution in [0.15, 0.2) is 30.3 Å². The summed E-state index contributed by atoms with van der Waals surface area (Å²) in [4.78, 5) is 0. The SMILES string of the molecule is CCCCC1CCC(CCc2ccc(-c3ccc(CCC)c(F)c3)nn2)CC1. The second-order valence-electron chi connectivity index (χ2n) is 8.53. The molecule has 0 bridgehead atoms. The van der Waals surface area contributed by atoms with Gasteiger partial charge in [0.2, 0.25) is 0 Å². The number of halogens is 1. The lowest BCUT2D eigenvalue weighted by Gasteiger charge is -2.28. The van der Waals surface area contributed by atoms with Crippen molar-refractivity contribution in [2.75, 3.05) is 0 Å². The van der Waals surface area contributed by atoms with E-state index in [0.717, 1.165) is 53.6 Å². The summed E-state index contributed by atoms with van der Waals surface area (Å²) in [7, 11) is 0. The van der Waals surface area contributed by atoms with E-state index in [0.29, 0.717) is 0 Å². The Balaban J connectivity index is 1.49. The Bertz CT molecular complexity index is 718. The Labute approximate surface area is 170 Å². The molecule has 1 aliphatic carbocycles. The van der Waals surface area contributed by atoms with E-state index in [1.54, 1.807) is 6.07 Å². The first-order chi connectivity index (χ1) is 13.7. The average Bonchev–Trinajstić information content (AvgIpc) is 2.73. The molecule has 0 atom stereocenters. The van der Waals surface area contributed by atoms with E-state index < -0.39 is 0 Å². The summed E-state index contributed by atoms with van der Waals surface area (Å²) in [6.45, 7) is 4.35. The van der Waals surface area contributed by atoms with Crippen LogP contribution in [0.2, 0.25) is 0 Å². The molecule has 0 unspecified atom stereocenters. The third-order valence-electron chi connectivity index (χ3n) is 6.33. The molecule has 0 amide bonds. The summed E-state index contributed by atoms with van der Waals surface area (Å²) < 4.78 is 14.2. The van der Waals surface area contributed by atoms with Crippen molar-refractivity contribution in [2.45, 2.75) is 84.5 Å². The summed E-state index contributed by atoms with van der Waals surface area (Å²) in [5.74, 6) is 1.68. The molecule has 0 N–H and O–H groups in total. The first kappa shape index (κ1) is 21.0. The predicted molar refractivity (Wildman–Crippen MR) is 115 cm³/mol. The molecule has 1 saturated carbocycles. The van der Waals surface area contributed by atoms with E-state index in [-0.39, 0.29) is 5.82 Å². The van der Waals surface area contributed by atoms with Gasteiger partial charge < -0.3 is 0 Å². The predicted octanol–water partition coefficient (Wildman–Crippen LogP) is 7.16. The molecule has 0 radical (unpaired) electrons. The van der Waals surface area contributed by atoms with Crippen LogP contribution in [0, 0.1) is 17.7 Å². The van der Waals surface area contributed by atoms with Crippen molar-refractivity contribution in [3.63, 3.8) is 0 Å². The fourth-order valence-corrected chi connectivity index (χ4v) is 4.48. The summed E-state index contributed by atoms with van der Waals surface area (Å²) in [6, 6.07) is 9.46. The molecule has 1 aliphatic rings. The topological polar surface area (TPSA) is 25.8 Å². The zero-order valence-corrected chi connectivity index (χ0v) is 17.6. The lowest BCUT2D eigenvalue weighted by Crippen LogP contribution is -2.15. The normalized spacial score (nSPS) is 19.7. The van der Waals surface area contributed by atoms with Crippen molar-refractivity contribution >= 4 is 0 Å². The van der Waals surface area contributed by atoms with Crippen molar-refractivity contribution in [1.82, 2.24) is 10.2 Å². The molecule has 1 aromatic carbocycles. The van der Waals surface area contributed by atoms with E-state index in [4.69, 9.17) is 0 Å². The molecule has 1 fully saturated rings. The van der Waals surface area contributed by atoms with Gasteiger partial charge in [0.1, 0.15) is 5.82 Å². The van der Waals surface area contributed by atoms with E-state index in [2.05, 4.69) is 30.1 Å². The van der Waals surface area contributed by atoms with Crippen molar-refractivity contribution in [3.8, 4) is 11.3 Å². The number of unbranched alkanes of at least 4 members (excludes halogenated alkanes) is 1. The zero-order valence-electron chi connectivity index (χ0n) is 17.6. The van der Waals surface area contributed by atoms with Gasteiger partial charge in [0.25, 0.3) is 0 Å². The maximum Gasteiger partial charge on any atom is 0.127 e. The second-order valence-corrected chi connectivity index (χ2v) is 8.53. The molecule has 1 aromatic heterocycles. The van der Waals surface area contributed by atoms with Crippen LogP contribution in [0.5, 0.6) is 0 Å². The summed E-state index contributed by atoms with van der Waals surface area (Å²) in [5.41, 5.74) is 3.39. The Kier molecular flexibility index (Phi) is 8.00. The molecule has 0 aliphatic heterocycles. The number of rotatable bonds is 9. The van der Waals surface area contributed by atoms with E-state index in [9.17, 15) is 4.39 Å². The molecule has 3 rings (SSSR count). The molecule has 0 spiro atoms. The molecular formula is C25H35FN2. The largest absolute Gasteiger partial charge is 0.207 e. The van der Waals surface area contributed by atoms with Gasteiger partial charge >= 0.3 is 0 Å². The third-order valence-corrected chi connectivity index (χ3v) is 6.33. The monoisotopic (exact) mass is 382 g/mol. The highest BCUT2D eigenvalue weighted by molar-refractivity contribution is 5.59. The molecular weight excluding hydrogens is 347 g/mol. The minimum Gasteiger partial charge on any atom is -0.207 e. The van der Waals surface area contributed by atoms with Gasteiger partial charge in [0.15, 0.2) is 0 Å². The lowest BCUT2D eigenvalue weighted by atomic mass is 9.78. The number of aryl methyl sites for hydroxylation is 2. The van der Waals surface area contributed by atoms with Crippen LogP contribution in [-0.2, 0) is 12.8 Å². The minimum absolute atomic E-state index is 0.139. The fourth-order valence-electron chi connectivity index (χ4n) is 4.48. The lowest BCUT2D eigenvalue weighted by molar-refractivity contribution is 0.249. The maximum absolute atomic E-state index is 14.2. The number of benzene rings is 1. The summed E-state index contributed by atoms with van der Waals surface area (Å²) in [5, 5.41) is 8.77. The highest BCUT2D eigenvalue weighted by Crippen LogP contribution is 2.34. The third kappa shape index (κ3) is 5.86. The van der Waals surface area contributed by atoms with Gasteiger partial charge in [0.05, 0.1) is 11.4 Å². The number of aromatic nitrogens is 2. The van der Waals surface area contributed by atoms with Gasteiger partial charge in [-0.1, -0.05) is 77.3 Å². The van der Waals surface area contributed by atoms with E-state index in [1.807, 2.05) is 18.2 Å². The summed E-state index contributed by atoms with van der Waals surface area (Å²) >= 11 is 0. The molecule has 28 heavy (non-hydrogen) atoms. The van der Waals surface area contributed by atoms with E-state index >= 15 is 0 Å². The Morgan fingerprint density at radius 2 is 1.61 bits per heavy atom. The molecule has 1 heterocycles. The Morgan fingerprint density at radius 1 is 0.857 bits per heavy atom. The van der Waals surface area contributed by atoms with Gasteiger partial charge in [-0.2, -0.15) is 10.2 Å². The van der Waals surface area contributed by atoms with Crippen molar-refractivity contribution < 1.29 is 4.39 Å². The van der Waals surface area contributed by atoms with Gasteiger partial charge in [0, 0.05) is 5.56 Å². The maximum atomic E-state index is 14.2. The Morgan fingerprint density at radius 3 is 2.21 bits per heavy atom. The highest BCUT2D eigenvalue weighted by Gasteiger charge is 2.20. The van der Waals surface area contributed by atoms with Crippen LogP contribution in [0.4, 0.5) is 4.39 Å². The zero-order chi connectivity index (χ0) is 19.8. The van der Waals surface area contributed by atoms with Crippen LogP contribution in [0.1, 0.15) is 82.9 Å². The molecule has 2 nitrogen and oxygen atoms in total. The van der Waals surface area contributed by atoms with Gasteiger partial charge in [-0.3, -0.25) is 0 Å². The molecule has 152 valence electrons. The highest BCUT2D eigenvalue weighted by atomic mass is 19.1. The van der Waals surface area contributed by atoms with Gasteiger partial charge in [-0.15, -0.1) is 0 Å². The van der Waals surface area contributed by atoms with Crippen molar-refractivity contribution in [2.24, 2.45) is 11.8 Å². The first-order valence-corrected chi connectivity index (χ1v) is 11.3. The summed E-state index contributed by atoms with van der Waals surface area (Å²) in [6.07, 6.45) is 13.7. The van der Waals surface area contributed by atoms with Gasteiger partial charge in [-0.25, -0.2) is 4.39 Å². The minimum atomic E-state index is -0.139. The molecule has 3 heteroatoms. The van der Waals surface area contributed by atoms with Crippen LogP contribution in [0.25, 0.3) is 11.3 Å². The average molecular weight is 383 g/mol. The van der Waals surface area contributed by atoms with Crippen LogP contribution < -0.4 is 0 Å². The van der Waals surface area contributed by atoms with Crippen LogP contribution in [-0.4, -0.2) is 10.2 Å². The number of hydrogen-bond donors (Lipinski definition) is 0. The van der Waals surface area contributed by atoms with Crippen molar-refractivity contribution in [3.05, 3.63) is 47.4 Å². The first-order valence-electron chi connectivity index (χ1n) is 11.3. The number of nitrogens with zero attached hydrogens (tertiary/aromatic N) is 2.